The Hall–Kier alpha value is -2.61. The molecule has 0 radical (unpaired) electrons. The largest absolute Gasteiger partial charge is 0.245 e. The van der Waals surface area contributed by atoms with E-state index in [-0.39, 0.29) is 5.02 Å². The zero-order valence-electron chi connectivity index (χ0n) is 17.8. The number of hydrogen-bond donors (Lipinski definition) is 0. The average molecular weight is 486 g/mol. The lowest BCUT2D eigenvalue weighted by Gasteiger charge is -2.07. The highest BCUT2D eigenvalue weighted by Crippen LogP contribution is 2.38. The van der Waals surface area contributed by atoms with Gasteiger partial charge in [-0.25, -0.2) is 18.6 Å². The maximum absolute atomic E-state index is 13.5. The summed E-state index contributed by atoms with van der Waals surface area (Å²) in [5.41, 5.74) is 4.02. The van der Waals surface area contributed by atoms with Gasteiger partial charge in [-0.1, -0.05) is 42.3 Å². The number of thiazole rings is 1. The van der Waals surface area contributed by atoms with Crippen LogP contribution >= 0.6 is 22.9 Å². The first-order chi connectivity index (χ1) is 15.3. The first-order valence-corrected chi connectivity index (χ1v) is 13.1. The number of halogens is 2. The van der Waals surface area contributed by atoms with Crippen LogP contribution in [0, 0.1) is 12.7 Å². The number of pyridine rings is 1. The van der Waals surface area contributed by atoms with E-state index in [1.807, 2.05) is 12.1 Å². The van der Waals surface area contributed by atoms with Crippen molar-refractivity contribution in [3.63, 3.8) is 0 Å². The smallest absolute Gasteiger partial charge is 0.162 e. The summed E-state index contributed by atoms with van der Waals surface area (Å²) < 4.78 is 31.1. The minimum atomic E-state index is -2.87. The Kier molecular flexibility index (Phi) is 6.42. The number of hydrogen-bond acceptors (Lipinski definition) is 5. The van der Waals surface area contributed by atoms with Crippen molar-refractivity contribution >= 4 is 38.5 Å². The lowest BCUT2D eigenvalue weighted by molar-refractivity contribution is 0.626. The molecule has 32 heavy (non-hydrogen) atoms. The molecule has 4 nitrogen and oxygen atoms in total. The number of aromatic nitrogens is 2. The van der Waals surface area contributed by atoms with E-state index in [0.29, 0.717) is 10.7 Å². The second-order valence-corrected chi connectivity index (χ2v) is 11.1. The third-order valence-corrected chi connectivity index (χ3v) is 8.07. The van der Waals surface area contributed by atoms with Crippen LogP contribution < -0.4 is 0 Å². The summed E-state index contributed by atoms with van der Waals surface area (Å²) in [6.07, 6.45) is 3.97. The molecule has 0 bridgehead atoms. The summed E-state index contributed by atoms with van der Waals surface area (Å²) in [5, 5.41) is 0.945. The molecule has 0 aliphatic carbocycles. The SMILES string of the molecule is CCc1nc(-c2cccc(C)c2)c(-c2ccnc(N=S(C)(=O)c3ccc(F)c(Cl)c3)c2)s1. The standard InChI is InChI=1S/C24H21ClFN3OS2/c1-4-22-28-23(16-7-5-6-15(2)12-16)24(31-22)17-10-11-27-21(13-17)29-32(3,30)18-8-9-20(26)19(25)14-18/h5-14H,4H2,1-3H3. The summed E-state index contributed by atoms with van der Waals surface area (Å²) >= 11 is 7.50. The summed E-state index contributed by atoms with van der Waals surface area (Å²) in [6, 6.07) is 15.9. The predicted octanol–water partition coefficient (Wildman–Crippen LogP) is 7.32. The van der Waals surface area contributed by atoms with Gasteiger partial charge < -0.3 is 0 Å². The van der Waals surface area contributed by atoms with E-state index in [1.54, 1.807) is 23.6 Å². The lowest BCUT2D eigenvalue weighted by atomic mass is 10.1. The zero-order chi connectivity index (χ0) is 22.9. The fourth-order valence-electron chi connectivity index (χ4n) is 3.25. The number of benzene rings is 2. The minimum absolute atomic E-state index is 0.0893. The van der Waals surface area contributed by atoms with Crippen LogP contribution in [-0.2, 0) is 16.1 Å². The number of aryl methyl sites for hydroxylation is 2. The molecule has 0 saturated heterocycles. The monoisotopic (exact) mass is 485 g/mol. The number of nitrogens with zero attached hydrogens (tertiary/aromatic N) is 3. The third kappa shape index (κ3) is 4.75. The molecule has 1 atom stereocenters. The van der Waals surface area contributed by atoms with Crippen molar-refractivity contribution in [1.29, 1.82) is 0 Å². The molecule has 8 heteroatoms. The van der Waals surface area contributed by atoms with Gasteiger partial charge in [-0.2, -0.15) is 4.36 Å². The Morgan fingerprint density at radius 3 is 2.66 bits per heavy atom. The predicted molar refractivity (Wildman–Crippen MR) is 131 cm³/mol. The first kappa shape index (κ1) is 22.6. The van der Waals surface area contributed by atoms with E-state index in [4.69, 9.17) is 16.6 Å². The molecule has 0 N–H and O–H groups in total. The van der Waals surface area contributed by atoms with Crippen molar-refractivity contribution < 1.29 is 8.60 Å². The van der Waals surface area contributed by atoms with Crippen molar-refractivity contribution in [2.75, 3.05) is 6.26 Å². The Bertz CT molecular complexity index is 1420. The minimum Gasteiger partial charge on any atom is -0.245 e. The van der Waals surface area contributed by atoms with Crippen molar-refractivity contribution in [2.24, 2.45) is 4.36 Å². The molecule has 0 fully saturated rings. The van der Waals surface area contributed by atoms with Gasteiger partial charge in [0.25, 0.3) is 0 Å². The fourth-order valence-corrected chi connectivity index (χ4v) is 5.74. The highest BCUT2D eigenvalue weighted by atomic mass is 35.5. The van der Waals surface area contributed by atoms with Gasteiger partial charge in [-0.15, -0.1) is 11.3 Å². The van der Waals surface area contributed by atoms with Gasteiger partial charge in [0.05, 0.1) is 30.3 Å². The zero-order valence-corrected chi connectivity index (χ0v) is 20.2. The molecule has 2 heterocycles. The van der Waals surface area contributed by atoms with Gasteiger partial charge >= 0.3 is 0 Å². The quantitative estimate of drug-likeness (QED) is 0.297. The van der Waals surface area contributed by atoms with Crippen molar-refractivity contribution in [1.82, 2.24) is 9.97 Å². The molecular formula is C24H21ClFN3OS2. The van der Waals surface area contributed by atoms with Crippen LogP contribution in [-0.4, -0.2) is 20.4 Å². The second kappa shape index (κ2) is 9.10. The van der Waals surface area contributed by atoms with Crippen LogP contribution in [0.25, 0.3) is 21.7 Å². The van der Waals surface area contributed by atoms with Crippen molar-refractivity contribution in [3.8, 4) is 21.7 Å². The average Bonchev–Trinajstić information content (AvgIpc) is 3.20. The molecule has 0 spiro atoms. The van der Waals surface area contributed by atoms with Gasteiger partial charge in [0.2, 0.25) is 0 Å². The van der Waals surface area contributed by atoms with Gasteiger partial charge in [-0.3, -0.25) is 0 Å². The summed E-state index contributed by atoms with van der Waals surface area (Å²) in [7, 11) is -2.87. The molecular weight excluding hydrogens is 465 g/mol. The van der Waals surface area contributed by atoms with E-state index >= 15 is 0 Å². The van der Waals surface area contributed by atoms with Gasteiger partial charge in [0, 0.05) is 22.9 Å². The topological polar surface area (TPSA) is 55.2 Å². The summed E-state index contributed by atoms with van der Waals surface area (Å²) in [6.45, 7) is 4.13. The third-order valence-electron chi connectivity index (χ3n) is 4.87. The summed E-state index contributed by atoms with van der Waals surface area (Å²) in [4.78, 5) is 10.5. The van der Waals surface area contributed by atoms with Crippen LogP contribution in [0.1, 0.15) is 17.5 Å². The van der Waals surface area contributed by atoms with E-state index in [1.165, 1.54) is 24.5 Å². The van der Waals surface area contributed by atoms with Gasteiger partial charge in [-0.05, 0) is 55.3 Å². The van der Waals surface area contributed by atoms with Gasteiger partial charge in [0.1, 0.15) is 5.82 Å². The van der Waals surface area contributed by atoms with Crippen molar-refractivity contribution in [2.45, 2.75) is 25.2 Å². The second-order valence-electron chi connectivity index (χ2n) is 7.38. The molecule has 164 valence electrons. The van der Waals surface area contributed by atoms with Crippen LogP contribution in [0.2, 0.25) is 5.02 Å². The molecule has 2 aromatic heterocycles. The summed E-state index contributed by atoms with van der Waals surface area (Å²) in [5.74, 6) is -0.233. The highest BCUT2D eigenvalue weighted by Gasteiger charge is 2.16. The molecule has 0 amide bonds. The van der Waals surface area contributed by atoms with Crippen LogP contribution in [0.5, 0.6) is 0 Å². The van der Waals surface area contributed by atoms with E-state index in [2.05, 4.69) is 41.4 Å². The van der Waals surface area contributed by atoms with Gasteiger partial charge in [0.15, 0.2) is 5.82 Å². The molecule has 0 aliphatic heterocycles. The fraction of sp³-hybridized carbons (Fsp3) is 0.167. The van der Waals surface area contributed by atoms with E-state index in [9.17, 15) is 8.60 Å². The lowest BCUT2D eigenvalue weighted by Crippen LogP contribution is -1.98. The first-order valence-electron chi connectivity index (χ1n) is 9.97. The maximum atomic E-state index is 13.5. The molecule has 0 saturated carbocycles. The Morgan fingerprint density at radius 2 is 1.94 bits per heavy atom. The highest BCUT2D eigenvalue weighted by molar-refractivity contribution is 7.93. The molecule has 1 unspecified atom stereocenters. The van der Waals surface area contributed by atoms with E-state index in [0.717, 1.165) is 38.7 Å². The molecule has 4 rings (SSSR count). The van der Waals surface area contributed by atoms with Crippen LogP contribution in [0.15, 0.2) is 70.1 Å². The van der Waals surface area contributed by atoms with Crippen LogP contribution in [0.3, 0.4) is 0 Å². The number of rotatable bonds is 5. The molecule has 0 aliphatic rings. The Labute approximate surface area is 196 Å². The van der Waals surface area contributed by atoms with E-state index < -0.39 is 15.5 Å². The normalized spacial score (nSPS) is 13.0. The Balaban J connectivity index is 1.80. The van der Waals surface area contributed by atoms with Crippen molar-refractivity contribution in [3.05, 3.63) is 82.2 Å². The molecule has 4 aromatic rings. The maximum Gasteiger partial charge on any atom is 0.162 e. The molecule has 2 aromatic carbocycles. The Morgan fingerprint density at radius 1 is 1.12 bits per heavy atom. The van der Waals surface area contributed by atoms with Crippen LogP contribution in [0.4, 0.5) is 10.2 Å².